The number of hydrogen-bond acceptors (Lipinski definition) is 7. The summed E-state index contributed by atoms with van der Waals surface area (Å²) in [5.41, 5.74) is 1.16. The Balaban J connectivity index is 1.55. The number of alkyl halides is 2. The van der Waals surface area contributed by atoms with E-state index in [-0.39, 0.29) is 17.5 Å². The van der Waals surface area contributed by atoms with Crippen molar-refractivity contribution in [3.63, 3.8) is 0 Å². The van der Waals surface area contributed by atoms with Crippen molar-refractivity contribution in [3.8, 4) is 0 Å². The van der Waals surface area contributed by atoms with Gasteiger partial charge in [-0.3, -0.25) is 9.69 Å². The van der Waals surface area contributed by atoms with E-state index in [1.807, 2.05) is 24.3 Å². The van der Waals surface area contributed by atoms with Crippen molar-refractivity contribution in [2.24, 2.45) is 0 Å². The lowest BCUT2D eigenvalue weighted by atomic mass is 9.86. The minimum absolute atomic E-state index is 0.0920. The van der Waals surface area contributed by atoms with Crippen LogP contribution in [0.4, 0.5) is 31.8 Å². The standard InChI is InChI=1S/C22H25F2N5O3/c1-21(2)17-18(28-12-22(23,24)13-28)25-16(11-30)26-19(17)29(20(21)31)15-5-3-14(4-6-15)27-7-9-32-10-8-27/h3-6,30H,7-13H2,1-2H3. The predicted octanol–water partition coefficient (Wildman–Crippen LogP) is 2.22. The maximum atomic E-state index is 13.6. The summed E-state index contributed by atoms with van der Waals surface area (Å²) in [4.78, 5) is 27.4. The van der Waals surface area contributed by atoms with Crippen molar-refractivity contribution < 1.29 is 23.4 Å². The van der Waals surface area contributed by atoms with Crippen LogP contribution >= 0.6 is 0 Å². The van der Waals surface area contributed by atoms with Gasteiger partial charge in [0, 0.05) is 18.8 Å². The first-order chi connectivity index (χ1) is 15.2. The lowest BCUT2D eigenvalue weighted by Gasteiger charge is -2.41. The van der Waals surface area contributed by atoms with E-state index in [4.69, 9.17) is 4.74 Å². The number of ether oxygens (including phenoxy) is 1. The predicted molar refractivity (Wildman–Crippen MR) is 115 cm³/mol. The number of aliphatic hydroxyl groups is 1. The summed E-state index contributed by atoms with van der Waals surface area (Å²) < 4.78 is 32.6. The highest BCUT2D eigenvalue weighted by atomic mass is 19.3. The second-order valence-corrected chi connectivity index (χ2v) is 8.91. The van der Waals surface area contributed by atoms with Crippen LogP contribution in [0.1, 0.15) is 25.2 Å². The molecule has 0 aliphatic carbocycles. The van der Waals surface area contributed by atoms with Gasteiger partial charge in [0.15, 0.2) is 5.82 Å². The molecule has 5 rings (SSSR count). The number of halogens is 2. The highest BCUT2D eigenvalue weighted by Crippen LogP contribution is 2.49. The highest BCUT2D eigenvalue weighted by Gasteiger charge is 2.52. The Bertz CT molecular complexity index is 1050. The summed E-state index contributed by atoms with van der Waals surface area (Å²) in [6.45, 7) is 5.05. The monoisotopic (exact) mass is 445 g/mol. The Morgan fingerprint density at radius 1 is 1.00 bits per heavy atom. The lowest BCUT2D eigenvalue weighted by molar-refractivity contribution is -0.121. The van der Waals surface area contributed by atoms with E-state index in [1.54, 1.807) is 13.8 Å². The van der Waals surface area contributed by atoms with Gasteiger partial charge in [0.1, 0.15) is 18.2 Å². The molecule has 1 aromatic carbocycles. The van der Waals surface area contributed by atoms with Gasteiger partial charge in [0.25, 0.3) is 5.92 Å². The number of carbonyl (C=O) groups excluding carboxylic acids is 1. The van der Waals surface area contributed by atoms with Gasteiger partial charge in [-0.1, -0.05) is 0 Å². The van der Waals surface area contributed by atoms with Crippen molar-refractivity contribution in [2.45, 2.75) is 31.8 Å². The molecule has 2 fully saturated rings. The Kier molecular flexibility index (Phi) is 4.82. The van der Waals surface area contributed by atoms with Crippen LogP contribution in [-0.4, -0.2) is 66.3 Å². The lowest BCUT2D eigenvalue weighted by Crippen LogP contribution is -2.57. The summed E-state index contributed by atoms with van der Waals surface area (Å²) in [6.07, 6.45) is 0. The van der Waals surface area contributed by atoms with Crippen molar-refractivity contribution in [3.05, 3.63) is 35.7 Å². The Hall–Kier alpha value is -2.85. The molecule has 1 aromatic heterocycles. The molecule has 3 aliphatic heterocycles. The topological polar surface area (TPSA) is 82.0 Å². The summed E-state index contributed by atoms with van der Waals surface area (Å²) in [7, 11) is 0. The van der Waals surface area contributed by atoms with E-state index in [2.05, 4.69) is 14.9 Å². The van der Waals surface area contributed by atoms with E-state index in [0.29, 0.717) is 30.3 Å². The number of fused-ring (bicyclic) bond motifs is 1. The molecule has 0 saturated carbocycles. The number of nitrogens with zero attached hydrogens (tertiary/aromatic N) is 5. The van der Waals surface area contributed by atoms with Gasteiger partial charge in [-0.05, 0) is 38.1 Å². The molecule has 0 bridgehead atoms. The fourth-order valence-corrected chi connectivity index (χ4v) is 4.52. The molecule has 2 saturated heterocycles. The van der Waals surface area contributed by atoms with Crippen molar-refractivity contribution >= 4 is 28.9 Å². The maximum absolute atomic E-state index is 13.6. The molecular formula is C22H25F2N5O3. The molecule has 0 radical (unpaired) electrons. The van der Waals surface area contributed by atoms with Crippen molar-refractivity contribution in [2.75, 3.05) is 54.1 Å². The second kappa shape index (κ2) is 7.35. The number of aromatic nitrogens is 2. The van der Waals surface area contributed by atoms with Crippen LogP contribution < -0.4 is 14.7 Å². The average Bonchev–Trinajstić information content (AvgIpc) is 2.97. The Morgan fingerprint density at radius 2 is 1.59 bits per heavy atom. The van der Waals surface area contributed by atoms with Gasteiger partial charge < -0.3 is 19.6 Å². The second-order valence-electron chi connectivity index (χ2n) is 8.91. The number of carbonyl (C=O) groups is 1. The summed E-state index contributed by atoms with van der Waals surface area (Å²) in [5, 5.41) is 9.69. The van der Waals surface area contributed by atoms with Crippen molar-refractivity contribution in [1.29, 1.82) is 0 Å². The molecule has 0 spiro atoms. The number of morpholine rings is 1. The molecule has 0 atom stereocenters. The van der Waals surface area contributed by atoms with Crippen LogP contribution in [0.25, 0.3) is 0 Å². The number of amides is 1. The van der Waals surface area contributed by atoms with Gasteiger partial charge >= 0.3 is 0 Å². The fourth-order valence-electron chi connectivity index (χ4n) is 4.52. The third-order valence-electron chi connectivity index (χ3n) is 6.26. The molecule has 10 heteroatoms. The van der Waals surface area contributed by atoms with E-state index in [0.717, 1.165) is 18.8 Å². The van der Waals surface area contributed by atoms with Gasteiger partial charge in [-0.15, -0.1) is 0 Å². The minimum Gasteiger partial charge on any atom is -0.388 e. The van der Waals surface area contributed by atoms with Crippen LogP contribution in [0.5, 0.6) is 0 Å². The molecule has 2 aromatic rings. The minimum atomic E-state index is -2.79. The third kappa shape index (κ3) is 3.29. The van der Waals surface area contributed by atoms with Crippen LogP contribution in [0.3, 0.4) is 0 Å². The normalized spacial score (nSPS) is 21.5. The number of benzene rings is 1. The van der Waals surface area contributed by atoms with Crippen molar-refractivity contribution in [1.82, 2.24) is 9.97 Å². The van der Waals surface area contributed by atoms with Crippen LogP contribution in [0, 0.1) is 0 Å². The molecule has 3 aliphatic rings. The number of anilines is 4. The van der Waals surface area contributed by atoms with Crippen LogP contribution in [0.15, 0.2) is 24.3 Å². The van der Waals surface area contributed by atoms with Gasteiger partial charge in [-0.25, -0.2) is 18.7 Å². The first kappa shape index (κ1) is 21.0. The van der Waals surface area contributed by atoms with Crippen LogP contribution in [-0.2, 0) is 21.6 Å². The first-order valence-electron chi connectivity index (χ1n) is 10.6. The van der Waals surface area contributed by atoms with E-state index in [1.165, 1.54) is 9.80 Å². The van der Waals surface area contributed by atoms with E-state index < -0.39 is 31.0 Å². The quantitative estimate of drug-likeness (QED) is 0.773. The zero-order valence-electron chi connectivity index (χ0n) is 18.0. The van der Waals surface area contributed by atoms with E-state index >= 15 is 0 Å². The fraction of sp³-hybridized carbons (Fsp3) is 0.500. The smallest absolute Gasteiger partial charge is 0.282 e. The highest BCUT2D eigenvalue weighted by molar-refractivity contribution is 6.13. The molecule has 170 valence electrons. The zero-order valence-corrected chi connectivity index (χ0v) is 18.0. The number of aliphatic hydroxyl groups excluding tert-OH is 1. The molecule has 32 heavy (non-hydrogen) atoms. The van der Waals surface area contributed by atoms with Gasteiger partial charge in [0.05, 0.1) is 43.0 Å². The largest absolute Gasteiger partial charge is 0.388 e. The molecule has 8 nitrogen and oxygen atoms in total. The molecule has 0 unspecified atom stereocenters. The Morgan fingerprint density at radius 3 is 2.19 bits per heavy atom. The molecule has 4 heterocycles. The molecule has 1 amide bonds. The summed E-state index contributed by atoms with van der Waals surface area (Å²) >= 11 is 0. The first-order valence-corrected chi connectivity index (χ1v) is 10.6. The molecular weight excluding hydrogens is 420 g/mol. The van der Waals surface area contributed by atoms with E-state index in [9.17, 15) is 18.7 Å². The average molecular weight is 445 g/mol. The third-order valence-corrected chi connectivity index (χ3v) is 6.26. The number of rotatable bonds is 4. The van der Waals surface area contributed by atoms with Crippen LogP contribution in [0.2, 0.25) is 0 Å². The Labute approximate surface area is 184 Å². The molecule has 1 N–H and O–H groups in total. The maximum Gasteiger partial charge on any atom is 0.282 e. The SMILES string of the molecule is CC1(C)C(=O)N(c2ccc(N3CCOCC3)cc2)c2nc(CO)nc(N3CC(F)(F)C3)c21. The van der Waals surface area contributed by atoms with Gasteiger partial charge in [-0.2, -0.15) is 0 Å². The number of hydrogen-bond donors (Lipinski definition) is 1. The van der Waals surface area contributed by atoms with Gasteiger partial charge in [0.2, 0.25) is 5.91 Å². The summed E-state index contributed by atoms with van der Waals surface area (Å²) in [6, 6.07) is 7.60. The summed E-state index contributed by atoms with van der Waals surface area (Å²) in [5.74, 6) is -2.29. The zero-order chi connectivity index (χ0) is 22.7.